The zero-order chi connectivity index (χ0) is 18.5. The highest BCUT2D eigenvalue weighted by Crippen LogP contribution is 2.38. The molecule has 26 heavy (non-hydrogen) atoms. The Morgan fingerprint density at radius 2 is 1.73 bits per heavy atom. The van der Waals surface area contributed by atoms with Crippen LogP contribution in [-0.2, 0) is 0 Å². The number of unbranched alkanes of at least 4 members (excludes halogenated alkanes) is 1. The van der Waals surface area contributed by atoms with Gasteiger partial charge in [-0.15, -0.1) is 0 Å². The summed E-state index contributed by atoms with van der Waals surface area (Å²) in [5.74, 6) is 0.458. The Morgan fingerprint density at radius 1 is 0.923 bits per heavy atom. The second-order valence-electron chi connectivity index (χ2n) is 6.43. The van der Waals surface area contributed by atoms with E-state index in [1.54, 1.807) is 30.5 Å². The molecule has 2 aromatic carbocycles. The van der Waals surface area contributed by atoms with Gasteiger partial charge in [-0.25, -0.2) is 0 Å². The van der Waals surface area contributed by atoms with E-state index in [9.17, 15) is 10.2 Å². The van der Waals surface area contributed by atoms with Crippen LogP contribution in [0.2, 0.25) is 0 Å². The third kappa shape index (κ3) is 3.80. The SMILES string of the molecule is CCCCN(C)c1cc(O)ccc1-c1cccnc1-c1cccc(O)c1. The Morgan fingerprint density at radius 3 is 2.50 bits per heavy atom. The molecule has 3 aromatic rings. The normalized spacial score (nSPS) is 10.7. The van der Waals surface area contributed by atoms with E-state index in [0.717, 1.165) is 47.5 Å². The van der Waals surface area contributed by atoms with Gasteiger partial charge in [0, 0.05) is 48.2 Å². The molecule has 134 valence electrons. The van der Waals surface area contributed by atoms with Crippen molar-refractivity contribution >= 4 is 5.69 Å². The van der Waals surface area contributed by atoms with E-state index >= 15 is 0 Å². The number of rotatable bonds is 6. The molecule has 4 nitrogen and oxygen atoms in total. The van der Waals surface area contributed by atoms with Gasteiger partial charge in [0.25, 0.3) is 0 Å². The molecule has 0 spiro atoms. The molecule has 2 N–H and O–H groups in total. The first kappa shape index (κ1) is 17.8. The molecule has 0 saturated carbocycles. The predicted molar refractivity (Wildman–Crippen MR) is 107 cm³/mol. The van der Waals surface area contributed by atoms with E-state index in [4.69, 9.17) is 0 Å². The topological polar surface area (TPSA) is 56.6 Å². The molecule has 0 aliphatic heterocycles. The average Bonchev–Trinajstić information content (AvgIpc) is 2.66. The number of phenolic OH excluding ortho intramolecular Hbond substituents is 2. The van der Waals surface area contributed by atoms with Gasteiger partial charge in [-0.3, -0.25) is 4.98 Å². The van der Waals surface area contributed by atoms with Crippen molar-refractivity contribution in [1.29, 1.82) is 0 Å². The van der Waals surface area contributed by atoms with Gasteiger partial charge in [-0.05, 0) is 36.8 Å². The number of phenols is 2. The monoisotopic (exact) mass is 348 g/mol. The van der Waals surface area contributed by atoms with Crippen LogP contribution in [0.25, 0.3) is 22.4 Å². The van der Waals surface area contributed by atoms with Crippen molar-refractivity contribution in [1.82, 2.24) is 4.98 Å². The first-order valence-corrected chi connectivity index (χ1v) is 8.89. The van der Waals surface area contributed by atoms with Gasteiger partial charge in [0.05, 0.1) is 5.69 Å². The van der Waals surface area contributed by atoms with E-state index < -0.39 is 0 Å². The van der Waals surface area contributed by atoms with Crippen LogP contribution in [0.5, 0.6) is 11.5 Å². The minimum atomic E-state index is 0.213. The Hall–Kier alpha value is -3.01. The average molecular weight is 348 g/mol. The molecule has 0 saturated heterocycles. The van der Waals surface area contributed by atoms with Crippen LogP contribution >= 0.6 is 0 Å². The summed E-state index contributed by atoms with van der Waals surface area (Å²) in [4.78, 5) is 6.72. The molecule has 0 aliphatic rings. The quantitative estimate of drug-likeness (QED) is 0.653. The van der Waals surface area contributed by atoms with E-state index in [2.05, 4.69) is 16.8 Å². The fourth-order valence-electron chi connectivity index (χ4n) is 3.09. The van der Waals surface area contributed by atoms with Crippen molar-refractivity contribution < 1.29 is 10.2 Å². The number of hydrogen-bond donors (Lipinski definition) is 2. The van der Waals surface area contributed by atoms with Crippen LogP contribution in [-0.4, -0.2) is 28.8 Å². The van der Waals surface area contributed by atoms with Crippen LogP contribution in [0.15, 0.2) is 60.8 Å². The van der Waals surface area contributed by atoms with Gasteiger partial charge < -0.3 is 15.1 Å². The number of hydrogen-bond acceptors (Lipinski definition) is 4. The van der Waals surface area contributed by atoms with E-state index in [1.165, 1.54) is 0 Å². The summed E-state index contributed by atoms with van der Waals surface area (Å²) in [5, 5.41) is 19.8. The Labute approximate surface area is 154 Å². The standard InChI is InChI=1S/C22H24N2O2/c1-3-4-13-24(2)21-15-18(26)10-11-19(21)20-9-6-12-23-22(20)16-7-5-8-17(25)14-16/h5-12,14-15,25-26H,3-4,13H2,1-2H3. The van der Waals surface area contributed by atoms with Crippen LogP contribution in [0.1, 0.15) is 19.8 Å². The molecule has 4 heteroatoms. The summed E-state index contributed by atoms with van der Waals surface area (Å²) < 4.78 is 0. The lowest BCUT2D eigenvalue weighted by Gasteiger charge is -2.23. The van der Waals surface area contributed by atoms with Crippen LogP contribution < -0.4 is 4.90 Å². The lowest BCUT2D eigenvalue weighted by atomic mass is 9.97. The molecule has 3 rings (SSSR count). The molecule has 1 heterocycles. The second kappa shape index (κ2) is 7.91. The zero-order valence-corrected chi connectivity index (χ0v) is 15.2. The molecule has 1 aromatic heterocycles. The summed E-state index contributed by atoms with van der Waals surface area (Å²) in [6, 6.07) is 16.5. The number of nitrogens with zero attached hydrogens (tertiary/aromatic N) is 2. The molecule has 0 aliphatic carbocycles. The lowest BCUT2D eigenvalue weighted by molar-refractivity contribution is 0.475. The van der Waals surface area contributed by atoms with E-state index in [-0.39, 0.29) is 11.5 Å². The molecule has 0 radical (unpaired) electrons. The second-order valence-corrected chi connectivity index (χ2v) is 6.43. The molecule has 0 bridgehead atoms. The molecular formula is C22H24N2O2. The predicted octanol–water partition coefficient (Wildman–Crippen LogP) is 5.06. The summed E-state index contributed by atoms with van der Waals surface area (Å²) in [5.41, 5.74) is 4.60. The van der Waals surface area contributed by atoms with Gasteiger partial charge >= 0.3 is 0 Å². The van der Waals surface area contributed by atoms with Gasteiger partial charge in [-0.2, -0.15) is 0 Å². The van der Waals surface area contributed by atoms with Crippen molar-refractivity contribution in [3.63, 3.8) is 0 Å². The van der Waals surface area contributed by atoms with Crippen LogP contribution in [0.3, 0.4) is 0 Å². The zero-order valence-electron chi connectivity index (χ0n) is 15.2. The van der Waals surface area contributed by atoms with Crippen molar-refractivity contribution in [2.45, 2.75) is 19.8 Å². The lowest BCUT2D eigenvalue weighted by Crippen LogP contribution is -2.19. The number of benzene rings is 2. The molecule has 0 amide bonds. The highest BCUT2D eigenvalue weighted by Gasteiger charge is 2.15. The molecule has 0 atom stereocenters. The Bertz CT molecular complexity index is 893. The Kier molecular flexibility index (Phi) is 5.42. The van der Waals surface area contributed by atoms with Crippen LogP contribution in [0.4, 0.5) is 5.69 Å². The molecule has 0 fully saturated rings. The fraction of sp³-hybridized carbons (Fsp3) is 0.227. The van der Waals surface area contributed by atoms with Crippen molar-refractivity contribution in [2.24, 2.45) is 0 Å². The smallest absolute Gasteiger partial charge is 0.117 e. The van der Waals surface area contributed by atoms with Gasteiger partial charge in [0.2, 0.25) is 0 Å². The van der Waals surface area contributed by atoms with Crippen molar-refractivity contribution in [2.75, 3.05) is 18.5 Å². The molecule has 0 unspecified atom stereocenters. The summed E-state index contributed by atoms with van der Waals surface area (Å²) >= 11 is 0. The summed E-state index contributed by atoms with van der Waals surface area (Å²) in [7, 11) is 2.04. The first-order chi connectivity index (χ1) is 12.6. The minimum Gasteiger partial charge on any atom is -0.508 e. The third-order valence-electron chi connectivity index (χ3n) is 4.46. The maximum Gasteiger partial charge on any atom is 0.117 e. The summed E-state index contributed by atoms with van der Waals surface area (Å²) in [6.07, 6.45) is 3.95. The largest absolute Gasteiger partial charge is 0.508 e. The third-order valence-corrected chi connectivity index (χ3v) is 4.46. The highest BCUT2D eigenvalue weighted by atomic mass is 16.3. The first-order valence-electron chi connectivity index (χ1n) is 8.89. The van der Waals surface area contributed by atoms with Gasteiger partial charge in [0.15, 0.2) is 0 Å². The maximum atomic E-state index is 10.0. The fourth-order valence-corrected chi connectivity index (χ4v) is 3.09. The van der Waals surface area contributed by atoms with Crippen molar-refractivity contribution in [3.8, 4) is 33.9 Å². The van der Waals surface area contributed by atoms with E-state index in [0.29, 0.717) is 0 Å². The van der Waals surface area contributed by atoms with Crippen molar-refractivity contribution in [3.05, 3.63) is 60.8 Å². The Balaban J connectivity index is 2.13. The summed E-state index contributed by atoms with van der Waals surface area (Å²) in [6.45, 7) is 3.08. The highest BCUT2D eigenvalue weighted by molar-refractivity contribution is 5.88. The van der Waals surface area contributed by atoms with Crippen LogP contribution in [0, 0.1) is 0 Å². The van der Waals surface area contributed by atoms with Gasteiger partial charge in [-0.1, -0.05) is 31.5 Å². The number of pyridine rings is 1. The minimum absolute atomic E-state index is 0.213. The maximum absolute atomic E-state index is 10.0. The number of aromatic hydroxyl groups is 2. The number of anilines is 1. The van der Waals surface area contributed by atoms with Gasteiger partial charge in [0.1, 0.15) is 11.5 Å². The molecular weight excluding hydrogens is 324 g/mol. The van der Waals surface area contributed by atoms with E-state index in [1.807, 2.05) is 37.4 Å². The number of aromatic nitrogens is 1.